The average molecular weight is 474 g/mol. The van der Waals surface area contributed by atoms with Gasteiger partial charge >= 0.3 is 0 Å². The number of hydrogen-bond donors (Lipinski definition) is 1. The normalized spacial score (nSPS) is 13.5. The number of nitrogens with zero attached hydrogens (tertiary/aromatic N) is 2. The topological polar surface area (TPSA) is 80.8 Å². The quantitative estimate of drug-likeness (QED) is 0.454. The van der Waals surface area contributed by atoms with Crippen molar-refractivity contribution in [3.8, 4) is 11.6 Å². The van der Waals surface area contributed by atoms with E-state index in [1.807, 2.05) is 54.6 Å². The molecule has 1 unspecified atom stereocenters. The fourth-order valence-corrected chi connectivity index (χ4v) is 4.07. The fourth-order valence-electron chi connectivity index (χ4n) is 4.07. The highest BCUT2D eigenvalue weighted by atomic mass is 16.5. The molecule has 3 aromatic rings. The number of ether oxygens (including phenoxy) is 2. The van der Waals surface area contributed by atoms with Crippen molar-refractivity contribution in [2.24, 2.45) is 0 Å². The first-order valence-electron chi connectivity index (χ1n) is 11.9. The van der Waals surface area contributed by atoms with Gasteiger partial charge < -0.3 is 19.7 Å². The molecule has 4 rings (SSSR count). The molecule has 182 valence electrons. The molecule has 1 atom stereocenters. The van der Waals surface area contributed by atoms with Crippen molar-refractivity contribution in [1.82, 2.24) is 15.2 Å². The first kappa shape index (κ1) is 24.3. The lowest BCUT2D eigenvalue weighted by Gasteiger charge is -2.31. The molecule has 2 aromatic carbocycles. The second kappa shape index (κ2) is 11.5. The van der Waals surface area contributed by atoms with E-state index in [2.05, 4.69) is 10.3 Å². The summed E-state index contributed by atoms with van der Waals surface area (Å²) in [5.41, 5.74) is 2.53. The third-order valence-corrected chi connectivity index (χ3v) is 6.09. The number of rotatable bonds is 11. The van der Waals surface area contributed by atoms with Crippen LogP contribution in [0.5, 0.6) is 11.6 Å². The summed E-state index contributed by atoms with van der Waals surface area (Å²) >= 11 is 0. The van der Waals surface area contributed by atoms with Gasteiger partial charge in [-0.05, 0) is 48.6 Å². The van der Waals surface area contributed by atoms with Crippen molar-refractivity contribution >= 4 is 11.8 Å². The zero-order valence-corrected chi connectivity index (χ0v) is 20.1. The van der Waals surface area contributed by atoms with Crippen LogP contribution in [-0.2, 0) is 22.6 Å². The van der Waals surface area contributed by atoms with E-state index in [4.69, 9.17) is 9.47 Å². The Morgan fingerprint density at radius 2 is 1.69 bits per heavy atom. The maximum Gasteiger partial charge on any atom is 0.249 e. The Labute approximate surface area is 206 Å². The molecule has 0 saturated heterocycles. The van der Waals surface area contributed by atoms with Gasteiger partial charge in [-0.1, -0.05) is 48.5 Å². The van der Waals surface area contributed by atoms with Crippen molar-refractivity contribution in [3.05, 3.63) is 89.6 Å². The van der Waals surface area contributed by atoms with Crippen LogP contribution in [-0.4, -0.2) is 42.0 Å². The van der Waals surface area contributed by atoms with Gasteiger partial charge in [0.05, 0.1) is 19.9 Å². The summed E-state index contributed by atoms with van der Waals surface area (Å²) in [7, 11) is 3.16. The van der Waals surface area contributed by atoms with Gasteiger partial charge in [0, 0.05) is 25.1 Å². The molecule has 0 bridgehead atoms. The Hall–Kier alpha value is -3.87. The Morgan fingerprint density at radius 1 is 0.943 bits per heavy atom. The standard InChI is InChI=1S/C28H31N3O4/c1-34-23-16-11-20(12-17-23)13-18-26(32)31(22-14-15-22)27(24-9-6-10-25(30-24)35-2)28(33)29-19-21-7-4-3-5-8-21/h3-12,16-17,22,27H,13-15,18-19H2,1-2H3,(H,29,33). The van der Waals surface area contributed by atoms with Gasteiger partial charge in [0.2, 0.25) is 17.7 Å². The Balaban J connectivity index is 1.55. The largest absolute Gasteiger partial charge is 0.497 e. The molecule has 1 aliphatic carbocycles. The molecule has 1 fully saturated rings. The van der Waals surface area contributed by atoms with Crippen LogP contribution in [0.4, 0.5) is 0 Å². The third kappa shape index (κ3) is 6.38. The number of aromatic nitrogens is 1. The summed E-state index contributed by atoms with van der Waals surface area (Å²) in [5.74, 6) is 0.871. The van der Waals surface area contributed by atoms with Crippen LogP contribution in [0.3, 0.4) is 0 Å². The summed E-state index contributed by atoms with van der Waals surface area (Å²) in [6.07, 6.45) is 2.63. The van der Waals surface area contributed by atoms with Gasteiger partial charge in [-0.15, -0.1) is 0 Å². The second-order valence-corrected chi connectivity index (χ2v) is 8.59. The van der Waals surface area contributed by atoms with Gasteiger partial charge in [-0.2, -0.15) is 0 Å². The van der Waals surface area contributed by atoms with E-state index in [1.54, 1.807) is 30.2 Å². The predicted molar refractivity (Wildman–Crippen MR) is 133 cm³/mol. The number of pyridine rings is 1. The highest BCUT2D eigenvalue weighted by Gasteiger charge is 2.41. The maximum atomic E-state index is 13.5. The first-order chi connectivity index (χ1) is 17.1. The molecule has 7 nitrogen and oxygen atoms in total. The van der Waals surface area contributed by atoms with Crippen molar-refractivity contribution in [2.45, 2.75) is 44.3 Å². The molecule has 0 spiro atoms. The summed E-state index contributed by atoms with van der Waals surface area (Å²) in [6, 6.07) is 21.9. The lowest BCUT2D eigenvalue weighted by molar-refractivity contribution is -0.141. The molecule has 1 aromatic heterocycles. The number of nitrogens with one attached hydrogen (secondary N) is 1. The monoisotopic (exact) mass is 473 g/mol. The van der Waals surface area contributed by atoms with Crippen LogP contribution in [0.2, 0.25) is 0 Å². The minimum atomic E-state index is -0.829. The van der Waals surface area contributed by atoms with Gasteiger partial charge in [-0.25, -0.2) is 4.98 Å². The second-order valence-electron chi connectivity index (χ2n) is 8.59. The smallest absolute Gasteiger partial charge is 0.249 e. The van der Waals surface area contributed by atoms with E-state index in [0.717, 1.165) is 29.7 Å². The molecule has 0 aliphatic heterocycles. The van der Waals surface area contributed by atoms with Crippen LogP contribution in [0.1, 0.15) is 42.1 Å². The van der Waals surface area contributed by atoms with Gasteiger partial charge in [0.15, 0.2) is 6.04 Å². The Kier molecular flexibility index (Phi) is 7.98. The SMILES string of the molecule is COc1ccc(CCC(=O)N(C2CC2)C(C(=O)NCc2ccccc2)c2cccc(OC)n2)cc1. The van der Waals surface area contributed by atoms with Crippen LogP contribution in [0, 0.1) is 0 Å². The minimum absolute atomic E-state index is 0.0267. The third-order valence-electron chi connectivity index (χ3n) is 6.09. The molecule has 1 heterocycles. The maximum absolute atomic E-state index is 13.5. The molecule has 2 amide bonds. The van der Waals surface area contributed by atoms with Crippen molar-refractivity contribution < 1.29 is 19.1 Å². The van der Waals surface area contributed by atoms with E-state index >= 15 is 0 Å². The number of hydrogen-bond acceptors (Lipinski definition) is 5. The van der Waals surface area contributed by atoms with E-state index in [0.29, 0.717) is 31.0 Å². The summed E-state index contributed by atoms with van der Waals surface area (Å²) in [5, 5.41) is 3.01. The lowest BCUT2D eigenvalue weighted by atomic mass is 10.1. The lowest BCUT2D eigenvalue weighted by Crippen LogP contribution is -2.45. The molecule has 35 heavy (non-hydrogen) atoms. The molecule has 7 heteroatoms. The summed E-state index contributed by atoms with van der Waals surface area (Å²) in [4.78, 5) is 33.3. The van der Waals surface area contributed by atoms with E-state index in [9.17, 15) is 9.59 Å². The molecule has 1 saturated carbocycles. The molecule has 1 N–H and O–H groups in total. The zero-order valence-electron chi connectivity index (χ0n) is 20.1. The first-order valence-corrected chi connectivity index (χ1v) is 11.9. The predicted octanol–water partition coefficient (Wildman–Crippen LogP) is 4.08. The molecule has 0 radical (unpaired) electrons. The number of methoxy groups -OCH3 is 2. The number of carbonyl (C=O) groups excluding carboxylic acids is 2. The Bertz CT molecular complexity index is 1130. The fraction of sp³-hybridized carbons (Fsp3) is 0.321. The van der Waals surface area contributed by atoms with E-state index < -0.39 is 6.04 Å². The number of carbonyl (C=O) groups is 2. The highest BCUT2D eigenvalue weighted by molar-refractivity contribution is 5.89. The minimum Gasteiger partial charge on any atom is -0.497 e. The van der Waals surface area contributed by atoms with Gasteiger partial charge in [0.1, 0.15) is 5.75 Å². The van der Waals surface area contributed by atoms with Crippen LogP contribution >= 0.6 is 0 Å². The molecule has 1 aliphatic rings. The number of amides is 2. The van der Waals surface area contributed by atoms with Gasteiger partial charge in [0.25, 0.3) is 0 Å². The van der Waals surface area contributed by atoms with Crippen LogP contribution in [0.25, 0.3) is 0 Å². The van der Waals surface area contributed by atoms with Crippen molar-refractivity contribution in [2.75, 3.05) is 14.2 Å². The van der Waals surface area contributed by atoms with Crippen LogP contribution in [0.15, 0.2) is 72.8 Å². The number of aryl methyl sites for hydroxylation is 1. The van der Waals surface area contributed by atoms with Crippen LogP contribution < -0.4 is 14.8 Å². The van der Waals surface area contributed by atoms with Crippen molar-refractivity contribution in [1.29, 1.82) is 0 Å². The molecular weight excluding hydrogens is 442 g/mol. The van der Waals surface area contributed by atoms with Crippen molar-refractivity contribution in [3.63, 3.8) is 0 Å². The summed E-state index contributed by atoms with van der Waals surface area (Å²) in [6.45, 7) is 0.374. The highest BCUT2D eigenvalue weighted by Crippen LogP contribution is 2.35. The van der Waals surface area contributed by atoms with E-state index in [-0.39, 0.29) is 17.9 Å². The van der Waals surface area contributed by atoms with Gasteiger partial charge in [-0.3, -0.25) is 9.59 Å². The average Bonchev–Trinajstić information content (AvgIpc) is 3.75. The summed E-state index contributed by atoms with van der Waals surface area (Å²) < 4.78 is 10.5. The zero-order chi connectivity index (χ0) is 24.6. The molecular formula is C28H31N3O4. The van der Waals surface area contributed by atoms with E-state index in [1.165, 1.54) is 7.11 Å². The number of benzene rings is 2. The Morgan fingerprint density at radius 3 is 2.34 bits per heavy atom.